The second-order valence-corrected chi connectivity index (χ2v) is 6.17. The van der Waals surface area contributed by atoms with Crippen molar-refractivity contribution in [2.24, 2.45) is 0 Å². The zero-order valence-electron chi connectivity index (χ0n) is 9.12. The third-order valence-electron chi connectivity index (χ3n) is 2.03. The van der Waals surface area contributed by atoms with E-state index in [1.54, 1.807) is 6.20 Å². The highest BCUT2D eigenvalue weighted by Gasteiger charge is 2.06. The molecule has 90 valence electrons. The first kappa shape index (κ1) is 13.4. The summed E-state index contributed by atoms with van der Waals surface area (Å²) in [6.45, 7) is 2.28. The summed E-state index contributed by atoms with van der Waals surface area (Å²) in [5.74, 6) is 0.701. The van der Waals surface area contributed by atoms with Crippen molar-refractivity contribution in [3.8, 4) is 0 Å². The fourth-order valence-electron chi connectivity index (χ4n) is 1.05. The molecule has 7 heteroatoms. The maximum atomic E-state index is 11.1. The Hall–Kier alpha value is -0.660. The fourth-order valence-corrected chi connectivity index (χ4v) is 1.84. The van der Waals surface area contributed by atoms with Crippen LogP contribution in [0.1, 0.15) is 5.56 Å². The molecule has 0 aliphatic rings. The van der Waals surface area contributed by atoms with Crippen molar-refractivity contribution in [3.63, 3.8) is 0 Å². The van der Waals surface area contributed by atoms with Gasteiger partial charge in [-0.2, -0.15) is 0 Å². The lowest BCUT2D eigenvalue weighted by atomic mass is 10.3. The molecule has 0 spiro atoms. The lowest BCUT2D eigenvalue weighted by Crippen LogP contribution is -2.26. The molecule has 0 atom stereocenters. The molecule has 1 heterocycles. The summed E-state index contributed by atoms with van der Waals surface area (Å²) in [6.07, 6.45) is 1.68. The highest BCUT2D eigenvalue weighted by molar-refractivity contribution is 9.10. The minimum atomic E-state index is -3.16. The standard InChI is InChI=1S/C9H14BrN3O2S/c1-7-5-9(13-6-8(7)10)12-3-4-16(14,15)11-2/h5-6,11H,3-4H2,1-2H3,(H,12,13). The van der Waals surface area contributed by atoms with E-state index in [1.807, 2.05) is 13.0 Å². The maximum Gasteiger partial charge on any atom is 0.213 e. The first-order valence-corrected chi connectivity index (χ1v) is 7.16. The van der Waals surface area contributed by atoms with E-state index in [1.165, 1.54) is 7.05 Å². The van der Waals surface area contributed by atoms with Gasteiger partial charge in [-0.05, 0) is 41.5 Å². The number of sulfonamides is 1. The summed E-state index contributed by atoms with van der Waals surface area (Å²) in [5, 5.41) is 2.95. The van der Waals surface area contributed by atoms with Crippen molar-refractivity contribution in [3.05, 3.63) is 22.3 Å². The van der Waals surface area contributed by atoms with Gasteiger partial charge >= 0.3 is 0 Å². The van der Waals surface area contributed by atoms with Crippen LogP contribution in [0.2, 0.25) is 0 Å². The Balaban J connectivity index is 2.53. The third kappa shape index (κ3) is 4.07. The van der Waals surface area contributed by atoms with Gasteiger partial charge in [0.2, 0.25) is 10.0 Å². The fraction of sp³-hybridized carbons (Fsp3) is 0.444. The van der Waals surface area contributed by atoms with Gasteiger partial charge in [0, 0.05) is 17.2 Å². The second-order valence-electron chi connectivity index (χ2n) is 3.27. The topological polar surface area (TPSA) is 71.1 Å². The number of nitrogens with zero attached hydrogens (tertiary/aromatic N) is 1. The average molecular weight is 308 g/mol. The lowest BCUT2D eigenvalue weighted by Gasteiger charge is -2.07. The smallest absolute Gasteiger partial charge is 0.213 e. The molecule has 0 aromatic carbocycles. The zero-order valence-corrected chi connectivity index (χ0v) is 11.5. The minimum Gasteiger partial charge on any atom is -0.369 e. The molecule has 1 aromatic rings. The summed E-state index contributed by atoms with van der Waals surface area (Å²) >= 11 is 3.34. The molecule has 2 N–H and O–H groups in total. The van der Waals surface area contributed by atoms with Gasteiger partial charge < -0.3 is 5.32 Å². The Labute approximate surface area is 104 Å². The Kier molecular flexibility index (Phi) is 4.69. The third-order valence-corrected chi connectivity index (χ3v) is 4.23. The van der Waals surface area contributed by atoms with E-state index in [0.29, 0.717) is 12.4 Å². The van der Waals surface area contributed by atoms with Gasteiger partial charge in [0.05, 0.1) is 5.75 Å². The average Bonchev–Trinajstić information content (AvgIpc) is 2.23. The molecule has 0 saturated heterocycles. The molecule has 16 heavy (non-hydrogen) atoms. The van der Waals surface area contributed by atoms with Crippen LogP contribution in [-0.4, -0.2) is 32.7 Å². The van der Waals surface area contributed by atoms with Crippen LogP contribution in [0, 0.1) is 6.92 Å². The molecule has 0 fully saturated rings. The molecule has 1 rings (SSSR count). The van der Waals surface area contributed by atoms with Crippen LogP contribution in [-0.2, 0) is 10.0 Å². The first-order chi connectivity index (χ1) is 7.44. The molecule has 0 saturated carbocycles. The number of hydrogen-bond acceptors (Lipinski definition) is 4. The van der Waals surface area contributed by atoms with Gasteiger partial charge in [0.15, 0.2) is 0 Å². The van der Waals surface area contributed by atoms with Gasteiger partial charge in [-0.25, -0.2) is 18.1 Å². The van der Waals surface area contributed by atoms with E-state index in [9.17, 15) is 8.42 Å². The van der Waals surface area contributed by atoms with Crippen LogP contribution in [0.25, 0.3) is 0 Å². The number of aromatic nitrogens is 1. The van der Waals surface area contributed by atoms with Crippen molar-refractivity contribution in [1.29, 1.82) is 0 Å². The highest BCUT2D eigenvalue weighted by atomic mass is 79.9. The lowest BCUT2D eigenvalue weighted by molar-refractivity contribution is 0.588. The maximum absolute atomic E-state index is 11.1. The normalized spacial score (nSPS) is 11.4. The Bertz CT molecular complexity index is 462. The van der Waals surface area contributed by atoms with Crippen LogP contribution in [0.3, 0.4) is 0 Å². The number of hydrogen-bond donors (Lipinski definition) is 2. The molecular formula is C9H14BrN3O2S. The summed E-state index contributed by atoms with van der Waals surface area (Å²) in [4.78, 5) is 4.11. The number of anilines is 1. The molecule has 0 aliphatic carbocycles. The highest BCUT2D eigenvalue weighted by Crippen LogP contribution is 2.16. The van der Waals surface area contributed by atoms with Gasteiger partial charge in [-0.1, -0.05) is 0 Å². The largest absolute Gasteiger partial charge is 0.369 e. The summed E-state index contributed by atoms with van der Waals surface area (Å²) in [5.41, 5.74) is 1.05. The van der Waals surface area contributed by atoms with Gasteiger partial charge in [0.1, 0.15) is 5.82 Å². The van der Waals surface area contributed by atoms with E-state index in [-0.39, 0.29) is 5.75 Å². The summed E-state index contributed by atoms with van der Waals surface area (Å²) < 4.78 is 25.4. The van der Waals surface area contributed by atoms with Crippen molar-refractivity contribution in [2.45, 2.75) is 6.92 Å². The molecule has 1 aromatic heterocycles. The molecule has 0 unspecified atom stereocenters. The molecule has 5 nitrogen and oxygen atoms in total. The van der Waals surface area contributed by atoms with Crippen molar-refractivity contribution in [2.75, 3.05) is 24.7 Å². The number of pyridine rings is 1. The van der Waals surface area contributed by atoms with E-state index in [2.05, 4.69) is 31.0 Å². The van der Waals surface area contributed by atoms with E-state index >= 15 is 0 Å². The first-order valence-electron chi connectivity index (χ1n) is 4.72. The van der Waals surface area contributed by atoms with E-state index in [0.717, 1.165) is 10.0 Å². The monoisotopic (exact) mass is 307 g/mol. The van der Waals surface area contributed by atoms with Crippen molar-refractivity contribution >= 4 is 31.8 Å². The Morgan fingerprint density at radius 3 is 2.75 bits per heavy atom. The van der Waals surface area contributed by atoms with Crippen LogP contribution < -0.4 is 10.0 Å². The quantitative estimate of drug-likeness (QED) is 0.855. The number of rotatable bonds is 5. The number of aryl methyl sites for hydroxylation is 1. The SMILES string of the molecule is CNS(=O)(=O)CCNc1cc(C)c(Br)cn1. The van der Waals surface area contributed by atoms with Gasteiger partial charge in [-0.15, -0.1) is 0 Å². The summed E-state index contributed by atoms with van der Waals surface area (Å²) in [6, 6.07) is 1.86. The van der Waals surface area contributed by atoms with Crippen LogP contribution >= 0.6 is 15.9 Å². The number of halogens is 1. The van der Waals surface area contributed by atoms with E-state index < -0.39 is 10.0 Å². The second kappa shape index (κ2) is 5.60. The zero-order chi connectivity index (χ0) is 12.2. The Morgan fingerprint density at radius 2 is 2.19 bits per heavy atom. The molecule has 0 amide bonds. The predicted molar refractivity (Wildman–Crippen MR) is 68.0 cm³/mol. The molecule has 0 bridgehead atoms. The van der Waals surface area contributed by atoms with Crippen LogP contribution in [0.15, 0.2) is 16.7 Å². The predicted octanol–water partition coefficient (Wildman–Crippen LogP) is 1.11. The Morgan fingerprint density at radius 1 is 1.50 bits per heavy atom. The minimum absolute atomic E-state index is 0.0281. The van der Waals surface area contributed by atoms with Gasteiger partial charge in [-0.3, -0.25) is 0 Å². The van der Waals surface area contributed by atoms with Crippen LogP contribution in [0.4, 0.5) is 5.82 Å². The molecular weight excluding hydrogens is 294 g/mol. The van der Waals surface area contributed by atoms with Crippen molar-refractivity contribution in [1.82, 2.24) is 9.71 Å². The molecule has 0 aliphatic heterocycles. The van der Waals surface area contributed by atoms with Gasteiger partial charge in [0.25, 0.3) is 0 Å². The van der Waals surface area contributed by atoms with Crippen molar-refractivity contribution < 1.29 is 8.42 Å². The van der Waals surface area contributed by atoms with Crippen LogP contribution in [0.5, 0.6) is 0 Å². The van der Waals surface area contributed by atoms with E-state index in [4.69, 9.17) is 0 Å². The molecule has 0 radical (unpaired) electrons. The summed E-state index contributed by atoms with van der Waals surface area (Å²) in [7, 11) is -1.76. The number of nitrogens with one attached hydrogen (secondary N) is 2.